The fourth-order valence-electron chi connectivity index (χ4n) is 1.11. The van der Waals surface area contributed by atoms with Gasteiger partial charge in [-0.15, -0.1) is 0 Å². The van der Waals surface area contributed by atoms with E-state index in [9.17, 15) is 9.59 Å². The first-order valence-electron chi connectivity index (χ1n) is 4.26. The second kappa shape index (κ2) is 4.04. The van der Waals surface area contributed by atoms with Crippen LogP contribution >= 0.6 is 0 Å². The minimum Gasteiger partial charge on any atom is -0.313 e. The lowest BCUT2D eigenvalue weighted by molar-refractivity contribution is -0.143. The van der Waals surface area contributed by atoms with Crippen molar-refractivity contribution in [3.05, 3.63) is 12.3 Å². The number of nitrogens with zero attached hydrogens (tertiary/aromatic N) is 1. The number of unbranched alkanes of at least 4 members (excludes halogenated alkanes) is 1. The number of ketones is 1. The van der Waals surface area contributed by atoms with Crippen LogP contribution in [0.15, 0.2) is 12.3 Å². The van der Waals surface area contributed by atoms with Gasteiger partial charge in [0.1, 0.15) is 0 Å². The van der Waals surface area contributed by atoms with Gasteiger partial charge >= 0.3 is 0 Å². The molecule has 66 valence electrons. The average Bonchev–Trinajstić information content (AvgIpc) is 2.08. The van der Waals surface area contributed by atoms with Crippen LogP contribution in [0.5, 0.6) is 0 Å². The van der Waals surface area contributed by atoms with E-state index in [0.717, 1.165) is 12.8 Å². The number of rotatable bonds is 3. The van der Waals surface area contributed by atoms with Crippen molar-refractivity contribution < 1.29 is 9.59 Å². The lowest BCUT2D eigenvalue weighted by Gasteiger charge is -2.19. The van der Waals surface area contributed by atoms with Gasteiger partial charge in [0.05, 0.1) is 0 Å². The van der Waals surface area contributed by atoms with Gasteiger partial charge in [0.15, 0.2) is 0 Å². The van der Waals surface area contributed by atoms with Gasteiger partial charge in [-0.2, -0.15) is 0 Å². The number of amides is 1. The van der Waals surface area contributed by atoms with Gasteiger partial charge in [0, 0.05) is 19.2 Å². The SMILES string of the molecule is CCCCN1C=CCC(=O)C1=O. The van der Waals surface area contributed by atoms with Crippen molar-refractivity contribution in [2.24, 2.45) is 0 Å². The van der Waals surface area contributed by atoms with Crippen molar-refractivity contribution in [2.45, 2.75) is 26.2 Å². The maximum atomic E-state index is 11.2. The Bertz CT molecular complexity index is 221. The van der Waals surface area contributed by atoms with Gasteiger partial charge in [-0.25, -0.2) is 0 Å². The molecule has 0 bridgehead atoms. The maximum Gasteiger partial charge on any atom is 0.294 e. The highest BCUT2D eigenvalue weighted by molar-refractivity contribution is 6.37. The Kier molecular flexibility index (Phi) is 3.02. The summed E-state index contributed by atoms with van der Waals surface area (Å²) in [5.41, 5.74) is 0. The molecule has 0 radical (unpaired) electrons. The molecular formula is C9H13NO2. The third kappa shape index (κ3) is 1.94. The van der Waals surface area contributed by atoms with Gasteiger partial charge < -0.3 is 4.90 Å². The van der Waals surface area contributed by atoms with Crippen LogP contribution in [0, 0.1) is 0 Å². The molecule has 1 aliphatic rings. The molecule has 3 nitrogen and oxygen atoms in total. The summed E-state index contributed by atoms with van der Waals surface area (Å²) in [7, 11) is 0. The molecule has 12 heavy (non-hydrogen) atoms. The summed E-state index contributed by atoms with van der Waals surface area (Å²) in [5.74, 6) is -0.653. The predicted molar refractivity (Wildman–Crippen MR) is 45.4 cm³/mol. The Morgan fingerprint density at radius 2 is 2.25 bits per heavy atom. The van der Waals surface area contributed by atoms with Crippen LogP contribution in [0.4, 0.5) is 0 Å². The van der Waals surface area contributed by atoms with Gasteiger partial charge in [-0.05, 0) is 6.42 Å². The van der Waals surface area contributed by atoms with Crippen molar-refractivity contribution in [3.8, 4) is 0 Å². The normalized spacial score (nSPS) is 17.2. The summed E-state index contributed by atoms with van der Waals surface area (Å²) in [4.78, 5) is 23.6. The smallest absolute Gasteiger partial charge is 0.294 e. The molecule has 1 aliphatic heterocycles. The highest BCUT2D eigenvalue weighted by Crippen LogP contribution is 2.05. The zero-order chi connectivity index (χ0) is 8.97. The summed E-state index contributed by atoms with van der Waals surface area (Å²) < 4.78 is 0. The van der Waals surface area contributed by atoms with E-state index in [1.165, 1.54) is 4.90 Å². The number of Topliss-reactive ketones (excluding diaryl/α,β-unsaturated/α-hetero) is 1. The third-order valence-corrected chi connectivity index (χ3v) is 1.84. The van der Waals surface area contributed by atoms with Crippen molar-refractivity contribution in [1.82, 2.24) is 4.90 Å². The molecule has 0 unspecified atom stereocenters. The zero-order valence-corrected chi connectivity index (χ0v) is 7.25. The first kappa shape index (κ1) is 8.97. The largest absolute Gasteiger partial charge is 0.313 e. The number of hydrogen-bond acceptors (Lipinski definition) is 2. The molecule has 0 fully saturated rings. The fraction of sp³-hybridized carbons (Fsp3) is 0.556. The Balaban J connectivity index is 2.52. The molecule has 1 amide bonds. The summed E-state index contributed by atoms with van der Waals surface area (Å²) in [5, 5.41) is 0. The topological polar surface area (TPSA) is 37.4 Å². The maximum absolute atomic E-state index is 11.2. The fourth-order valence-corrected chi connectivity index (χ4v) is 1.11. The molecule has 0 aromatic carbocycles. The summed E-state index contributed by atoms with van der Waals surface area (Å²) >= 11 is 0. The van der Waals surface area contributed by atoms with Crippen LogP contribution in [-0.4, -0.2) is 23.1 Å². The number of hydrogen-bond donors (Lipinski definition) is 0. The Labute approximate surface area is 72.0 Å². The molecule has 0 saturated carbocycles. The van der Waals surface area contributed by atoms with E-state index in [1.54, 1.807) is 12.3 Å². The van der Waals surface area contributed by atoms with E-state index in [1.807, 2.05) is 0 Å². The van der Waals surface area contributed by atoms with Crippen molar-refractivity contribution >= 4 is 11.7 Å². The van der Waals surface area contributed by atoms with Gasteiger partial charge in [0.25, 0.3) is 5.91 Å². The van der Waals surface area contributed by atoms with E-state index < -0.39 is 0 Å². The highest BCUT2D eigenvalue weighted by atomic mass is 16.2. The molecular weight excluding hydrogens is 154 g/mol. The molecule has 0 aromatic rings. The molecule has 0 aromatic heterocycles. The van der Waals surface area contributed by atoms with Crippen molar-refractivity contribution in [1.29, 1.82) is 0 Å². The van der Waals surface area contributed by atoms with E-state index in [2.05, 4.69) is 6.92 Å². The monoisotopic (exact) mass is 167 g/mol. The third-order valence-electron chi connectivity index (χ3n) is 1.84. The van der Waals surface area contributed by atoms with Crippen LogP contribution in [-0.2, 0) is 9.59 Å². The first-order valence-corrected chi connectivity index (χ1v) is 4.26. The van der Waals surface area contributed by atoms with Crippen LogP contribution in [0.25, 0.3) is 0 Å². The lowest BCUT2D eigenvalue weighted by Crippen LogP contribution is -2.35. The van der Waals surface area contributed by atoms with E-state index in [-0.39, 0.29) is 18.1 Å². The Hall–Kier alpha value is -1.12. The first-order chi connectivity index (χ1) is 5.75. The average molecular weight is 167 g/mol. The zero-order valence-electron chi connectivity index (χ0n) is 7.25. The Morgan fingerprint density at radius 1 is 1.50 bits per heavy atom. The predicted octanol–water partition coefficient (Wildman–Crippen LogP) is 1.10. The molecule has 3 heteroatoms. The molecule has 0 spiro atoms. The summed E-state index contributed by atoms with van der Waals surface area (Å²) in [6, 6.07) is 0. The van der Waals surface area contributed by atoms with Gasteiger partial charge in [-0.1, -0.05) is 19.4 Å². The van der Waals surface area contributed by atoms with Crippen molar-refractivity contribution in [3.63, 3.8) is 0 Å². The van der Waals surface area contributed by atoms with Crippen LogP contribution in [0.2, 0.25) is 0 Å². The molecule has 0 atom stereocenters. The van der Waals surface area contributed by atoms with Crippen LogP contribution in [0.3, 0.4) is 0 Å². The van der Waals surface area contributed by atoms with E-state index in [4.69, 9.17) is 0 Å². The second-order valence-electron chi connectivity index (χ2n) is 2.86. The standard InChI is InChI=1S/C9H13NO2/c1-2-3-6-10-7-4-5-8(11)9(10)12/h4,7H,2-3,5-6H2,1H3. The molecule has 0 N–H and O–H groups in total. The summed E-state index contributed by atoms with van der Waals surface area (Å²) in [6.45, 7) is 2.72. The van der Waals surface area contributed by atoms with Crippen LogP contribution in [0.1, 0.15) is 26.2 Å². The summed E-state index contributed by atoms with van der Waals surface area (Å²) in [6.07, 6.45) is 5.69. The lowest BCUT2D eigenvalue weighted by atomic mass is 10.2. The van der Waals surface area contributed by atoms with Gasteiger partial charge in [0.2, 0.25) is 5.78 Å². The van der Waals surface area contributed by atoms with E-state index >= 15 is 0 Å². The number of carbonyl (C=O) groups excluding carboxylic acids is 2. The van der Waals surface area contributed by atoms with Crippen LogP contribution < -0.4 is 0 Å². The molecule has 0 saturated heterocycles. The highest BCUT2D eigenvalue weighted by Gasteiger charge is 2.21. The minimum atomic E-state index is -0.356. The molecule has 1 heterocycles. The number of allylic oxidation sites excluding steroid dienone is 1. The van der Waals surface area contributed by atoms with Gasteiger partial charge in [-0.3, -0.25) is 9.59 Å². The molecule has 0 aliphatic carbocycles. The Morgan fingerprint density at radius 3 is 2.92 bits per heavy atom. The van der Waals surface area contributed by atoms with Crippen molar-refractivity contribution in [2.75, 3.05) is 6.54 Å². The molecule has 1 rings (SSSR count). The minimum absolute atomic E-state index is 0.265. The number of carbonyl (C=O) groups is 2. The second-order valence-corrected chi connectivity index (χ2v) is 2.86. The quantitative estimate of drug-likeness (QED) is 0.590. The van der Waals surface area contributed by atoms with E-state index in [0.29, 0.717) is 6.54 Å².